The Hall–Kier alpha value is -1.52. The Morgan fingerprint density at radius 2 is 2.06 bits per heavy atom. The highest BCUT2D eigenvalue weighted by molar-refractivity contribution is 7.09. The highest BCUT2D eigenvalue weighted by Crippen LogP contribution is 2.17. The Kier molecular flexibility index (Phi) is 3.89. The van der Waals surface area contributed by atoms with E-state index in [-0.39, 0.29) is 11.8 Å². The fourth-order valence-corrected chi connectivity index (χ4v) is 2.39. The van der Waals surface area contributed by atoms with E-state index < -0.39 is 0 Å². The largest absolute Gasteiger partial charge is 0.322 e. The average molecular weight is 260 g/mol. The van der Waals surface area contributed by atoms with E-state index in [1.807, 2.05) is 38.1 Å². The van der Waals surface area contributed by atoms with E-state index in [1.165, 1.54) is 16.9 Å². The molecule has 3 nitrogen and oxygen atoms in total. The monoisotopic (exact) mass is 260 g/mol. The van der Waals surface area contributed by atoms with Crippen LogP contribution in [0.15, 0.2) is 29.6 Å². The molecule has 0 aliphatic carbocycles. The predicted molar refractivity (Wildman–Crippen MR) is 73.9 cm³/mol. The molecular formula is C14H16N2OS. The van der Waals surface area contributed by atoms with Crippen molar-refractivity contribution in [2.45, 2.75) is 26.3 Å². The van der Waals surface area contributed by atoms with Crippen molar-refractivity contribution < 1.29 is 4.79 Å². The molecule has 2 N–H and O–H groups in total. The second kappa shape index (κ2) is 5.42. The van der Waals surface area contributed by atoms with E-state index in [0.29, 0.717) is 12.1 Å². The maximum atomic E-state index is 12.0. The molecule has 2 rings (SSSR count). The lowest BCUT2D eigenvalue weighted by Crippen LogP contribution is -2.07. The summed E-state index contributed by atoms with van der Waals surface area (Å²) < 4.78 is 0. The topological polar surface area (TPSA) is 56.0 Å². The van der Waals surface area contributed by atoms with Crippen LogP contribution in [0, 0.1) is 6.92 Å². The summed E-state index contributed by atoms with van der Waals surface area (Å²) in [4.78, 5) is 16.3. The lowest BCUT2D eigenvalue weighted by molar-refractivity contribution is 0.0988. The van der Waals surface area contributed by atoms with Gasteiger partial charge in [0.05, 0.1) is 6.04 Å². The summed E-state index contributed by atoms with van der Waals surface area (Å²) >= 11 is 1.44. The Balaban J connectivity index is 2.09. The molecule has 0 amide bonds. The number of nitrogens with zero attached hydrogens (tertiary/aromatic N) is 1. The maximum Gasteiger partial charge on any atom is 0.186 e. The van der Waals surface area contributed by atoms with Gasteiger partial charge in [-0.1, -0.05) is 29.8 Å². The van der Waals surface area contributed by atoms with Gasteiger partial charge in [0.2, 0.25) is 0 Å². The number of thiazole rings is 1. The first kappa shape index (κ1) is 12.9. The van der Waals surface area contributed by atoms with Crippen LogP contribution < -0.4 is 5.73 Å². The van der Waals surface area contributed by atoms with Gasteiger partial charge < -0.3 is 5.73 Å². The number of aryl methyl sites for hydroxylation is 1. The van der Waals surface area contributed by atoms with Crippen LogP contribution in [0.25, 0.3) is 0 Å². The average Bonchev–Trinajstić information content (AvgIpc) is 2.81. The number of nitrogens with two attached hydrogens (primary N) is 1. The van der Waals surface area contributed by atoms with E-state index in [2.05, 4.69) is 4.98 Å². The molecule has 0 bridgehead atoms. The van der Waals surface area contributed by atoms with Crippen molar-refractivity contribution >= 4 is 17.1 Å². The van der Waals surface area contributed by atoms with Crippen molar-refractivity contribution in [3.63, 3.8) is 0 Å². The number of aromatic nitrogens is 1. The molecule has 0 saturated carbocycles. The van der Waals surface area contributed by atoms with Crippen molar-refractivity contribution in [1.29, 1.82) is 0 Å². The number of ketones is 1. The molecule has 0 aliphatic rings. The number of Topliss-reactive ketones (excluding diaryl/α,β-unsaturated/α-hetero) is 1. The minimum atomic E-state index is -0.115. The van der Waals surface area contributed by atoms with E-state index in [0.717, 1.165) is 10.6 Å². The van der Waals surface area contributed by atoms with Gasteiger partial charge in [-0.15, -0.1) is 11.3 Å². The summed E-state index contributed by atoms with van der Waals surface area (Å²) in [6.07, 6.45) is 0.391. The second-order valence-corrected chi connectivity index (χ2v) is 5.33. The maximum absolute atomic E-state index is 12.0. The first-order chi connectivity index (χ1) is 8.56. The molecular weight excluding hydrogens is 244 g/mol. The van der Waals surface area contributed by atoms with Gasteiger partial charge in [-0.25, -0.2) is 4.98 Å². The molecule has 18 heavy (non-hydrogen) atoms. The van der Waals surface area contributed by atoms with Crippen molar-refractivity contribution in [3.8, 4) is 0 Å². The third kappa shape index (κ3) is 3.03. The van der Waals surface area contributed by atoms with Crippen LogP contribution in [-0.2, 0) is 6.42 Å². The van der Waals surface area contributed by atoms with E-state index in [9.17, 15) is 4.79 Å². The number of benzene rings is 1. The third-order valence-electron chi connectivity index (χ3n) is 2.68. The van der Waals surface area contributed by atoms with Gasteiger partial charge in [0, 0.05) is 11.8 Å². The number of hydrogen-bond donors (Lipinski definition) is 1. The summed E-state index contributed by atoms with van der Waals surface area (Å²) in [5.41, 5.74) is 8.46. The van der Waals surface area contributed by atoms with Gasteiger partial charge in [-0.2, -0.15) is 0 Å². The molecule has 1 aromatic carbocycles. The van der Waals surface area contributed by atoms with Crippen molar-refractivity contribution in [3.05, 3.63) is 51.5 Å². The van der Waals surface area contributed by atoms with Gasteiger partial charge in [0.15, 0.2) is 5.78 Å². The first-order valence-corrected chi connectivity index (χ1v) is 6.74. The fourth-order valence-electron chi connectivity index (χ4n) is 1.61. The molecule has 0 saturated heterocycles. The zero-order valence-electron chi connectivity index (χ0n) is 10.5. The molecule has 1 heterocycles. The summed E-state index contributed by atoms with van der Waals surface area (Å²) in [5.74, 6) is 0.0435. The van der Waals surface area contributed by atoms with E-state index in [4.69, 9.17) is 5.73 Å². The summed E-state index contributed by atoms with van der Waals surface area (Å²) in [7, 11) is 0. The zero-order chi connectivity index (χ0) is 13.1. The molecule has 1 atom stereocenters. The van der Waals surface area contributed by atoms with Gasteiger partial charge in [0.25, 0.3) is 0 Å². The van der Waals surface area contributed by atoms with Crippen LogP contribution in [0.1, 0.15) is 39.6 Å². The smallest absolute Gasteiger partial charge is 0.186 e. The Labute approximate surface area is 111 Å². The summed E-state index contributed by atoms with van der Waals surface area (Å²) in [6.45, 7) is 3.90. The SMILES string of the molecule is Cc1ccc(CC(=O)c2csc(C(C)N)n2)cc1. The van der Waals surface area contributed by atoms with Crippen LogP contribution in [0.3, 0.4) is 0 Å². The second-order valence-electron chi connectivity index (χ2n) is 4.45. The highest BCUT2D eigenvalue weighted by atomic mass is 32.1. The molecule has 94 valence electrons. The minimum Gasteiger partial charge on any atom is -0.322 e. The van der Waals surface area contributed by atoms with E-state index in [1.54, 1.807) is 5.38 Å². The zero-order valence-corrected chi connectivity index (χ0v) is 11.3. The molecule has 0 radical (unpaired) electrons. The molecule has 4 heteroatoms. The van der Waals surface area contributed by atoms with Crippen LogP contribution in [0.5, 0.6) is 0 Å². The van der Waals surface area contributed by atoms with Gasteiger partial charge >= 0.3 is 0 Å². The standard InChI is InChI=1S/C14H16N2OS/c1-9-3-5-11(6-4-9)7-13(17)12-8-18-14(16-12)10(2)15/h3-6,8,10H,7,15H2,1-2H3. The quantitative estimate of drug-likeness (QED) is 0.860. The molecule has 1 aromatic heterocycles. The van der Waals surface area contributed by atoms with Crippen LogP contribution >= 0.6 is 11.3 Å². The van der Waals surface area contributed by atoms with Crippen molar-refractivity contribution in [2.24, 2.45) is 5.73 Å². The number of hydrogen-bond acceptors (Lipinski definition) is 4. The molecule has 2 aromatic rings. The lowest BCUT2D eigenvalue weighted by atomic mass is 10.1. The normalized spacial score (nSPS) is 12.4. The Morgan fingerprint density at radius 1 is 1.39 bits per heavy atom. The van der Waals surface area contributed by atoms with Crippen LogP contribution in [0.2, 0.25) is 0 Å². The molecule has 1 unspecified atom stereocenters. The van der Waals surface area contributed by atoms with Gasteiger partial charge in [-0.3, -0.25) is 4.79 Å². The van der Waals surface area contributed by atoms with Crippen molar-refractivity contribution in [2.75, 3.05) is 0 Å². The Morgan fingerprint density at radius 3 is 2.61 bits per heavy atom. The van der Waals surface area contributed by atoms with E-state index >= 15 is 0 Å². The number of rotatable bonds is 4. The Bertz CT molecular complexity index is 543. The highest BCUT2D eigenvalue weighted by Gasteiger charge is 2.13. The third-order valence-corrected chi connectivity index (χ3v) is 3.73. The van der Waals surface area contributed by atoms with Crippen LogP contribution in [0.4, 0.5) is 0 Å². The summed E-state index contributed by atoms with van der Waals surface area (Å²) in [6, 6.07) is 7.86. The molecule has 0 fully saturated rings. The minimum absolute atomic E-state index is 0.0435. The molecule has 0 spiro atoms. The number of carbonyl (C=O) groups is 1. The lowest BCUT2D eigenvalue weighted by Gasteiger charge is -2.00. The fraction of sp³-hybridized carbons (Fsp3) is 0.286. The van der Waals surface area contributed by atoms with Crippen molar-refractivity contribution in [1.82, 2.24) is 4.98 Å². The van der Waals surface area contributed by atoms with Crippen LogP contribution in [-0.4, -0.2) is 10.8 Å². The van der Waals surface area contributed by atoms with Gasteiger partial charge in [0.1, 0.15) is 10.7 Å². The van der Waals surface area contributed by atoms with Gasteiger partial charge in [-0.05, 0) is 19.4 Å². The summed E-state index contributed by atoms with van der Waals surface area (Å²) in [5, 5.41) is 2.59. The molecule has 0 aliphatic heterocycles. The number of carbonyl (C=O) groups excluding carboxylic acids is 1. The predicted octanol–water partition coefficient (Wildman–Crippen LogP) is 2.90. The first-order valence-electron chi connectivity index (χ1n) is 5.86.